The Kier molecular flexibility index (Phi) is 2.85. The lowest BCUT2D eigenvalue weighted by atomic mass is 10.1. The normalized spacial score (nSPS) is 20.6. The van der Waals surface area contributed by atoms with Crippen LogP contribution in [-0.2, 0) is 15.9 Å². The first-order valence-corrected chi connectivity index (χ1v) is 5.10. The van der Waals surface area contributed by atoms with Gasteiger partial charge in [0.05, 0.1) is 13.2 Å². The van der Waals surface area contributed by atoms with Gasteiger partial charge in [-0.3, -0.25) is 0 Å². The number of hydrogen-bond acceptors (Lipinski definition) is 2. The Morgan fingerprint density at radius 3 is 2.43 bits per heavy atom. The van der Waals surface area contributed by atoms with Gasteiger partial charge in [0.2, 0.25) is 0 Å². The van der Waals surface area contributed by atoms with Crippen LogP contribution < -0.4 is 0 Å². The van der Waals surface area contributed by atoms with Crippen molar-refractivity contribution >= 4 is 0 Å². The minimum Gasteiger partial charge on any atom is -0.350 e. The Hall–Kier alpha value is -0.860. The predicted molar refractivity (Wildman–Crippen MR) is 55.1 cm³/mol. The first-order chi connectivity index (χ1) is 6.79. The van der Waals surface area contributed by atoms with Crippen LogP contribution in [0.1, 0.15) is 18.9 Å². The average molecular weight is 192 g/mol. The Balaban J connectivity index is 2.02. The number of ether oxygens (including phenoxy) is 2. The molecule has 76 valence electrons. The number of benzene rings is 1. The van der Waals surface area contributed by atoms with Crippen molar-refractivity contribution in [1.82, 2.24) is 0 Å². The van der Waals surface area contributed by atoms with Crippen molar-refractivity contribution in [3.05, 3.63) is 35.9 Å². The van der Waals surface area contributed by atoms with E-state index in [1.54, 1.807) is 0 Å². The van der Waals surface area contributed by atoms with Gasteiger partial charge < -0.3 is 9.47 Å². The van der Waals surface area contributed by atoms with E-state index in [1.165, 1.54) is 5.56 Å². The minimum atomic E-state index is -0.417. The second-order valence-corrected chi connectivity index (χ2v) is 3.85. The molecule has 2 heteroatoms. The van der Waals surface area contributed by atoms with Gasteiger partial charge >= 0.3 is 0 Å². The quantitative estimate of drug-likeness (QED) is 0.716. The second kappa shape index (κ2) is 4.11. The molecule has 0 bridgehead atoms. The molecule has 0 amide bonds. The van der Waals surface area contributed by atoms with Gasteiger partial charge in [0.25, 0.3) is 0 Å². The molecule has 0 saturated carbocycles. The van der Waals surface area contributed by atoms with Crippen LogP contribution in [0.3, 0.4) is 0 Å². The Morgan fingerprint density at radius 1 is 1.14 bits per heavy atom. The van der Waals surface area contributed by atoms with Crippen LogP contribution in [0, 0.1) is 0 Å². The summed E-state index contributed by atoms with van der Waals surface area (Å²) in [5.41, 5.74) is 1.26. The Labute approximate surface area is 84.8 Å². The summed E-state index contributed by atoms with van der Waals surface area (Å²) in [6.07, 6.45) is 1.83. The summed E-state index contributed by atoms with van der Waals surface area (Å²) in [6, 6.07) is 10.3. The van der Waals surface area contributed by atoms with Gasteiger partial charge in [-0.25, -0.2) is 0 Å². The molecule has 0 unspecified atom stereocenters. The fraction of sp³-hybridized carbons (Fsp3) is 0.500. The molecule has 1 saturated heterocycles. The van der Waals surface area contributed by atoms with E-state index in [2.05, 4.69) is 12.1 Å². The maximum Gasteiger partial charge on any atom is 0.169 e. The average Bonchev–Trinajstić information content (AvgIpc) is 2.19. The molecule has 1 aromatic carbocycles. The molecule has 14 heavy (non-hydrogen) atoms. The van der Waals surface area contributed by atoms with E-state index in [0.717, 1.165) is 26.1 Å². The van der Waals surface area contributed by atoms with Gasteiger partial charge in [-0.1, -0.05) is 30.3 Å². The van der Waals surface area contributed by atoms with Gasteiger partial charge in [0.1, 0.15) is 0 Å². The molecule has 0 aromatic heterocycles. The highest BCUT2D eigenvalue weighted by Gasteiger charge is 2.28. The van der Waals surface area contributed by atoms with Crippen LogP contribution in [0.15, 0.2) is 30.3 Å². The van der Waals surface area contributed by atoms with Crippen molar-refractivity contribution in [2.24, 2.45) is 0 Å². The zero-order valence-electron chi connectivity index (χ0n) is 8.53. The smallest absolute Gasteiger partial charge is 0.169 e. The molecule has 0 radical (unpaired) electrons. The lowest BCUT2D eigenvalue weighted by Crippen LogP contribution is -2.39. The summed E-state index contributed by atoms with van der Waals surface area (Å²) < 4.78 is 11.3. The predicted octanol–water partition coefficient (Wildman–Crippen LogP) is 2.38. The van der Waals surface area contributed by atoms with E-state index < -0.39 is 5.79 Å². The molecule has 1 aliphatic heterocycles. The topological polar surface area (TPSA) is 18.5 Å². The summed E-state index contributed by atoms with van der Waals surface area (Å²) in [6.45, 7) is 3.63. The van der Waals surface area contributed by atoms with Crippen LogP contribution in [0.5, 0.6) is 0 Å². The van der Waals surface area contributed by atoms with E-state index in [4.69, 9.17) is 9.47 Å². The molecule has 2 rings (SSSR count). The molecule has 1 fully saturated rings. The minimum absolute atomic E-state index is 0.417. The maximum absolute atomic E-state index is 5.65. The zero-order valence-corrected chi connectivity index (χ0v) is 8.53. The van der Waals surface area contributed by atoms with Crippen LogP contribution in [0.4, 0.5) is 0 Å². The van der Waals surface area contributed by atoms with E-state index in [1.807, 2.05) is 25.1 Å². The molecule has 2 nitrogen and oxygen atoms in total. The zero-order chi connectivity index (χ0) is 9.86. The molecule has 1 aromatic rings. The SMILES string of the molecule is CC1(Cc2ccccc2)OCCCO1. The number of hydrogen-bond donors (Lipinski definition) is 0. The number of rotatable bonds is 2. The molecular formula is C12H16O2. The van der Waals surface area contributed by atoms with Crippen molar-refractivity contribution in [1.29, 1.82) is 0 Å². The molecular weight excluding hydrogens is 176 g/mol. The van der Waals surface area contributed by atoms with E-state index in [0.29, 0.717) is 0 Å². The van der Waals surface area contributed by atoms with Crippen LogP contribution in [0.2, 0.25) is 0 Å². The van der Waals surface area contributed by atoms with Gasteiger partial charge in [-0.15, -0.1) is 0 Å². The van der Waals surface area contributed by atoms with Crippen LogP contribution in [0.25, 0.3) is 0 Å². The van der Waals surface area contributed by atoms with Crippen molar-refractivity contribution in [3.63, 3.8) is 0 Å². The van der Waals surface area contributed by atoms with E-state index >= 15 is 0 Å². The monoisotopic (exact) mass is 192 g/mol. The molecule has 0 N–H and O–H groups in total. The standard InChI is InChI=1S/C12H16O2/c1-12(13-8-5-9-14-12)10-11-6-3-2-4-7-11/h2-4,6-7H,5,8-10H2,1H3. The largest absolute Gasteiger partial charge is 0.350 e. The van der Waals surface area contributed by atoms with Gasteiger partial charge in [0.15, 0.2) is 5.79 Å². The molecule has 1 heterocycles. The lowest BCUT2D eigenvalue weighted by molar-refractivity contribution is -0.254. The second-order valence-electron chi connectivity index (χ2n) is 3.85. The summed E-state index contributed by atoms with van der Waals surface area (Å²) in [4.78, 5) is 0. The van der Waals surface area contributed by atoms with E-state index in [-0.39, 0.29) is 0 Å². The maximum atomic E-state index is 5.65. The highest BCUT2D eigenvalue weighted by Crippen LogP contribution is 2.22. The molecule has 0 spiro atoms. The van der Waals surface area contributed by atoms with Crippen LogP contribution >= 0.6 is 0 Å². The lowest BCUT2D eigenvalue weighted by Gasteiger charge is -2.34. The van der Waals surface area contributed by atoms with Crippen molar-refractivity contribution in [3.8, 4) is 0 Å². The summed E-state index contributed by atoms with van der Waals surface area (Å²) >= 11 is 0. The summed E-state index contributed by atoms with van der Waals surface area (Å²) in [5.74, 6) is -0.417. The molecule has 1 aliphatic rings. The highest BCUT2D eigenvalue weighted by atomic mass is 16.7. The van der Waals surface area contributed by atoms with Gasteiger partial charge in [-0.05, 0) is 18.9 Å². The van der Waals surface area contributed by atoms with Crippen molar-refractivity contribution in [2.75, 3.05) is 13.2 Å². The summed E-state index contributed by atoms with van der Waals surface area (Å²) in [5, 5.41) is 0. The third-order valence-corrected chi connectivity index (χ3v) is 2.47. The third-order valence-electron chi connectivity index (χ3n) is 2.47. The molecule has 0 atom stereocenters. The van der Waals surface area contributed by atoms with Gasteiger partial charge in [-0.2, -0.15) is 0 Å². The first kappa shape index (κ1) is 9.69. The third kappa shape index (κ3) is 2.34. The summed E-state index contributed by atoms with van der Waals surface area (Å²) in [7, 11) is 0. The van der Waals surface area contributed by atoms with Crippen molar-refractivity contribution < 1.29 is 9.47 Å². The Bertz CT molecular complexity index is 276. The first-order valence-electron chi connectivity index (χ1n) is 5.10. The van der Waals surface area contributed by atoms with E-state index in [9.17, 15) is 0 Å². The molecule has 0 aliphatic carbocycles. The fourth-order valence-corrected chi connectivity index (χ4v) is 1.75. The van der Waals surface area contributed by atoms with Gasteiger partial charge in [0, 0.05) is 6.42 Å². The van der Waals surface area contributed by atoms with Crippen molar-refractivity contribution in [2.45, 2.75) is 25.6 Å². The Morgan fingerprint density at radius 2 is 1.79 bits per heavy atom. The van der Waals surface area contributed by atoms with Crippen LogP contribution in [-0.4, -0.2) is 19.0 Å². The highest BCUT2D eigenvalue weighted by molar-refractivity contribution is 5.16. The fourth-order valence-electron chi connectivity index (χ4n) is 1.75.